The van der Waals surface area contributed by atoms with Crippen molar-refractivity contribution in [2.45, 2.75) is 20.8 Å². The highest BCUT2D eigenvalue weighted by atomic mass is 15.3. The molecule has 3 heteroatoms. The Labute approximate surface area is 164 Å². The van der Waals surface area contributed by atoms with Crippen LogP contribution in [0.1, 0.15) is 16.8 Å². The SMILES string of the molecule is Cc1ccc(-c2c3cc(C)ccc3nc3c2c(C)nn3-c2ccccc2)cc1. The summed E-state index contributed by atoms with van der Waals surface area (Å²) >= 11 is 0. The normalized spacial score (nSPS) is 11.4. The number of para-hydroxylation sites is 1. The van der Waals surface area contributed by atoms with Gasteiger partial charge in [0.05, 0.1) is 22.3 Å². The van der Waals surface area contributed by atoms with E-state index >= 15 is 0 Å². The quantitative estimate of drug-likeness (QED) is 0.376. The van der Waals surface area contributed by atoms with E-state index in [1.54, 1.807) is 0 Å². The number of rotatable bonds is 2. The number of fused-ring (bicyclic) bond motifs is 2. The molecular formula is C25H21N3. The molecule has 2 aromatic heterocycles. The van der Waals surface area contributed by atoms with E-state index in [1.165, 1.54) is 27.6 Å². The van der Waals surface area contributed by atoms with Crippen LogP contribution in [0, 0.1) is 20.8 Å². The molecule has 0 radical (unpaired) electrons. The smallest absolute Gasteiger partial charge is 0.164 e. The summed E-state index contributed by atoms with van der Waals surface area (Å²) in [5, 5.41) is 7.15. The summed E-state index contributed by atoms with van der Waals surface area (Å²) < 4.78 is 1.96. The molecule has 0 fully saturated rings. The fourth-order valence-corrected chi connectivity index (χ4v) is 3.88. The van der Waals surface area contributed by atoms with Crippen LogP contribution in [0.2, 0.25) is 0 Å². The molecule has 0 atom stereocenters. The van der Waals surface area contributed by atoms with E-state index in [1.807, 2.05) is 22.9 Å². The second kappa shape index (κ2) is 6.31. The first-order valence-corrected chi connectivity index (χ1v) is 9.54. The molecule has 0 saturated carbocycles. The highest BCUT2D eigenvalue weighted by Gasteiger charge is 2.19. The van der Waals surface area contributed by atoms with Crippen LogP contribution in [0.5, 0.6) is 0 Å². The zero-order valence-corrected chi connectivity index (χ0v) is 16.3. The van der Waals surface area contributed by atoms with Crippen molar-refractivity contribution in [1.82, 2.24) is 14.8 Å². The molecule has 0 aliphatic heterocycles. The minimum atomic E-state index is 0.899. The van der Waals surface area contributed by atoms with E-state index in [2.05, 4.69) is 75.4 Å². The molecule has 136 valence electrons. The van der Waals surface area contributed by atoms with Gasteiger partial charge >= 0.3 is 0 Å². The first kappa shape index (κ1) is 16.7. The summed E-state index contributed by atoms with van der Waals surface area (Å²) in [6.45, 7) is 6.32. The summed E-state index contributed by atoms with van der Waals surface area (Å²) in [5.74, 6) is 0. The first-order valence-electron chi connectivity index (χ1n) is 9.54. The summed E-state index contributed by atoms with van der Waals surface area (Å²) in [7, 11) is 0. The third kappa shape index (κ3) is 2.59. The minimum Gasteiger partial charge on any atom is -0.228 e. The van der Waals surface area contributed by atoms with Gasteiger partial charge in [-0.2, -0.15) is 5.10 Å². The molecule has 3 nitrogen and oxygen atoms in total. The fraction of sp³-hybridized carbons (Fsp3) is 0.120. The number of aromatic nitrogens is 3. The maximum atomic E-state index is 5.02. The number of hydrogen-bond donors (Lipinski definition) is 0. The van der Waals surface area contributed by atoms with Gasteiger partial charge in [-0.1, -0.05) is 59.7 Å². The van der Waals surface area contributed by atoms with Gasteiger partial charge in [-0.05, 0) is 50.6 Å². The van der Waals surface area contributed by atoms with Crippen molar-refractivity contribution in [3.05, 3.63) is 89.6 Å². The van der Waals surface area contributed by atoms with Crippen molar-refractivity contribution in [2.75, 3.05) is 0 Å². The molecule has 0 unspecified atom stereocenters. The fourth-order valence-electron chi connectivity index (χ4n) is 3.88. The van der Waals surface area contributed by atoms with Crippen molar-refractivity contribution < 1.29 is 0 Å². The molecule has 0 aliphatic rings. The predicted molar refractivity (Wildman–Crippen MR) is 116 cm³/mol. The van der Waals surface area contributed by atoms with Gasteiger partial charge in [-0.25, -0.2) is 9.67 Å². The summed E-state index contributed by atoms with van der Waals surface area (Å²) in [5.41, 5.74) is 8.80. The van der Waals surface area contributed by atoms with E-state index in [9.17, 15) is 0 Å². The third-order valence-corrected chi connectivity index (χ3v) is 5.27. The minimum absolute atomic E-state index is 0.899. The largest absolute Gasteiger partial charge is 0.228 e. The first-order chi connectivity index (χ1) is 13.6. The summed E-state index contributed by atoms with van der Waals surface area (Å²) in [6, 6.07) is 25.4. The Morgan fingerprint density at radius 3 is 2.21 bits per heavy atom. The van der Waals surface area contributed by atoms with Crippen LogP contribution in [0.4, 0.5) is 0 Å². The summed E-state index contributed by atoms with van der Waals surface area (Å²) in [6.07, 6.45) is 0. The van der Waals surface area contributed by atoms with E-state index in [0.717, 1.165) is 27.9 Å². The molecule has 28 heavy (non-hydrogen) atoms. The molecule has 3 aromatic carbocycles. The number of nitrogens with zero attached hydrogens (tertiary/aromatic N) is 3. The Bertz CT molecular complexity index is 1310. The lowest BCUT2D eigenvalue weighted by Gasteiger charge is -2.11. The molecular weight excluding hydrogens is 342 g/mol. The third-order valence-electron chi connectivity index (χ3n) is 5.27. The van der Waals surface area contributed by atoms with E-state index in [4.69, 9.17) is 10.1 Å². The molecule has 0 aliphatic carbocycles. The monoisotopic (exact) mass is 363 g/mol. The van der Waals surface area contributed by atoms with E-state index in [-0.39, 0.29) is 0 Å². The topological polar surface area (TPSA) is 30.7 Å². The number of pyridine rings is 1. The van der Waals surface area contributed by atoms with E-state index in [0.29, 0.717) is 0 Å². The van der Waals surface area contributed by atoms with Gasteiger partial charge in [0.1, 0.15) is 0 Å². The Morgan fingerprint density at radius 1 is 0.750 bits per heavy atom. The van der Waals surface area contributed by atoms with Crippen LogP contribution < -0.4 is 0 Å². The second-order valence-corrected chi connectivity index (χ2v) is 7.40. The van der Waals surface area contributed by atoms with Crippen molar-refractivity contribution in [1.29, 1.82) is 0 Å². The van der Waals surface area contributed by atoms with Gasteiger partial charge < -0.3 is 0 Å². The van der Waals surface area contributed by atoms with Gasteiger partial charge in [0.15, 0.2) is 5.65 Å². The van der Waals surface area contributed by atoms with Crippen LogP contribution in [-0.4, -0.2) is 14.8 Å². The Morgan fingerprint density at radius 2 is 1.46 bits per heavy atom. The number of benzene rings is 3. The Hall–Kier alpha value is -3.46. The lowest BCUT2D eigenvalue weighted by Crippen LogP contribution is -1.98. The van der Waals surface area contributed by atoms with Crippen LogP contribution >= 0.6 is 0 Å². The molecule has 0 amide bonds. The van der Waals surface area contributed by atoms with Gasteiger partial charge in [-0.15, -0.1) is 0 Å². The van der Waals surface area contributed by atoms with Gasteiger partial charge in [0, 0.05) is 10.9 Å². The maximum Gasteiger partial charge on any atom is 0.164 e. The van der Waals surface area contributed by atoms with Crippen molar-refractivity contribution in [3.63, 3.8) is 0 Å². The molecule has 0 N–H and O–H groups in total. The Kier molecular flexibility index (Phi) is 3.76. The van der Waals surface area contributed by atoms with E-state index < -0.39 is 0 Å². The Balaban J connectivity index is 1.95. The molecule has 0 spiro atoms. The number of hydrogen-bond acceptors (Lipinski definition) is 2. The van der Waals surface area contributed by atoms with Crippen LogP contribution in [0.15, 0.2) is 72.8 Å². The highest BCUT2D eigenvalue weighted by molar-refractivity contribution is 6.10. The zero-order chi connectivity index (χ0) is 19.3. The van der Waals surface area contributed by atoms with Crippen molar-refractivity contribution in [3.8, 4) is 16.8 Å². The zero-order valence-electron chi connectivity index (χ0n) is 16.3. The highest BCUT2D eigenvalue weighted by Crippen LogP contribution is 2.37. The molecule has 2 heterocycles. The maximum absolute atomic E-state index is 5.02. The van der Waals surface area contributed by atoms with Gasteiger partial charge in [0.2, 0.25) is 0 Å². The predicted octanol–water partition coefficient (Wildman–Crippen LogP) is 6.17. The molecule has 5 rings (SSSR count). The standard InChI is InChI=1S/C25H21N3/c1-16-9-12-19(13-10-16)24-21-15-17(2)11-14-22(21)26-25-23(24)18(3)27-28(25)20-7-5-4-6-8-20/h4-15H,1-3H3. The van der Waals surface area contributed by atoms with Crippen LogP contribution in [0.3, 0.4) is 0 Å². The average Bonchev–Trinajstić information content (AvgIpc) is 3.04. The molecule has 5 aromatic rings. The van der Waals surface area contributed by atoms with Crippen molar-refractivity contribution >= 4 is 21.9 Å². The van der Waals surface area contributed by atoms with Gasteiger partial charge in [-0.3, -0.25) is 0 Å². The molecule has 0 bridgehead atoms. The number of aryl methyl sites for hydroxylation is 3. The average molecular weight is 363 g/mol. The summed E-state index contributed by atoms with van der Waals surface area (Å²) in [4.78, 5) is 5.02. The van der Waals surface area contributed by atoms with Crippen LogP contribution in [0.25, 0.3) is 38.8 Å². The molecule has 0 saturated heterocycles. The second-order valence-electron chi connectivity index (χ2n) is 7.40. The van der Waals surface area contributed by atoms with Crippen LogP contribution in [-0.2, 0) is 0 Å². The van der Waals surface area contributed by atoms with Gasteiger partial charge in [0.25, 0.3) is 0 Å². The van der Waals surface area contributed by atoms with Crippen molar-refractivity contribution in [2.24, 2.45) is 0 Å². The lowest BCUT2D eigenvalue weighted by atomic mass is 9.95. The lowest BCUT2D eigenvalue weighted by molar-refractivity contribution is 0.879.